The number of alkyl halides is 3. The Morgan fingerprint density at radius 1 is 1.04 bits per heavy atom. The van der Waals surface area contributed by atoms with Crippen LogP contribution < -0.4 is 25.6 Å². The Balaban J connectivity index is 1.56. The predicted molar refractivity (Wildman–Crippen MR) is 90.8 cm³/mol. The highest BCUT2D eigenvalue weighted by molar-refractivity contribution is 7.80. The molecule has 26 heavy (non-hydrogen) atoms. The molecule has 3 rings (SSSR count). The van der Waals surface area contributed by atoms with Crippen molar-refractivity contribution in [2.45, 2.75) is 6.18 Å². The van der Waals surface area contributed by atoms with E-state index < -0.39 is 17.6 Å². The van der Waals surface area contributed by atoms with Crippen LogP contribution in [0, 0.1) is 0 Å². The minimum absolute atomic E-state index is 0.0709. The van der Waals surface area contributed by atoms with Crippen LogP contribution in [0.1, 0.15) is 15.9 Å². The lowest BCUT2D eigenvalue weighted by atomic mass is 10.2. The highest BCUT2D eigenvalue weighted by Crippen LogP contribution is 2.32. The summed E-state index contributed by atoms with van der Waals surface area (Å²) in [4.78, 5) is 12.1. The Morgan fingerprint density at radius 2 is 1.81 bits per heavy atom. The fourth-order valence-corrected chi connectivity index (χ4v) is 2.33. The number of nitrogens with one attached hydrogen (secondary N) is 3. The van der Waals surface area contributed by atoms with Gasteiger partial charge < -0.3 is 14.8 Å². The van der Waals surface area contributed by atoms with Gasteiger partial charge in [-0.2, -0.15) is 13.2 Å². The van der Waals surface area contributed by atoms with Crippen LogP contribution in [0.15, 0.2) is 42.5 Å². The molecule has 3 N–H and O–H groups in total. The Morgan fingerprint density at radius 3 is 2.58 bits per heavy atom. The second-order valence-electron chi connectivity index (χ2n) is 5.18. The van der Waals surface area contributed by atoms with Crippen LogP contribution in [-0.2, 0) is 6.18 Å². The molecule has 1 aliphatic heterocycles. The summed E-state index contributed by atoms with van der Waals surface area (Å²) in [6.07, 6.45) is -4.46. The Kier molecular flexibility index (Phi) is 4.85. The van der Waals surface area contributed by atoms with Crippen LogP contribution >= 0.6 is 12.2 Å². The number of carbonyl (C=O) groups is 1. The van der Waals surface area contributed by atoms with Gasteiger partial charge in [-0.1, -0.05) is 6.07 Å². The number of hydrogen-bond acceptors (Lipinski definition) is 4. The Labute approximate surface area is 151 Å². The van der Waals surface area contributed by atoms with Crippen LogP contribution in [0.2, 0.25) is 0 Å². The van der Waals surface area contributed by atoms with E-state index in [-0.39, 0.29) is 17.6 Å². The van der Waals surface area contributed by atoms with Crippen molar-refractivity contribution in [3.05, 3.63) is 53.6 Å². The summed E-state index contributed by atoms with van der Waals surface area (Å²) in [5, 5.41) is 2.49. The first-order chi connectivity index (χ1) is 12.3. The molecule has 0 radical (unpaired) electrons. The molecule has 0 fully saturated rings. The van der Waals surface area contributed by atoms with Gasteiger partial charge in [0.25, 0.3) is 5.91 Å². The van der Waals surface area contributed by atoms with Gasteiger partial charge in [-0.25, -0.2) is 0 Å². The van der Waals surface area contributed by atoms with Crippen molar-refractivity contribution in [1.82, 2.24) is 10.9 Å². The summed E-state index contributed by atoms with van der Waals surface area (Å²) in [5.41, 5.74) is 4.39. The zero-order chi connectivity index (χ0) is 18.7. The van der Waals surface area contributed by atoms with Crippen LogP contribution in [0.4, 0.5) is 18.9 Å². The molecule has 1 aliphatic rings. The Bertz CT molecular complexity index is 858. The molecule has 0 saturated carbocycles. The van der Waals surface area contributed by atoms with Gasteiger partial charge in [0.1, 0.15) is 0 Å². The zero-order valence-corrected chi connectivity index (χ0v) is 13.8. The lowest BCUT2D eigenvalue weighted by Gasteiger charge is -2.13. The van der Waals surface area contributed by atoms with Crippen molar-refractivity contribution in [2.24, 2.45) is 0 Å². The van der Waals surface area contributed by atoms with E-state index in [0.29, 0.717) is 17.1 Å². The summed E-state index contributed by atoms with van der Waals surface area (Å²) in [7, 11) is 0. The zero-order valence-electron chi connectivity index (χ0n) is 13.0. The van der Waals surface area contributed by atoms with Crippen LogP contribution in [0.5, 0.6) is 11.5 Å². The number of carbonyl (C=O) groups excluding carboxylic acids is 1. The maximum absolute atomic E-state index is 12.7. The van der Waals surface area contributed by atoms with Crippen molar-refractivity contribution in [3.8, 4) is 11.5 Å². The summed E-state index contributed by atoms with van der Waals surface area (Å²) < 4.78 is 48.4. The first-order valence-corrected chi connectivity index (χ1v) is 7.68. The number of amides is 1. The van der Waals surface area contributed by atoms with Gasteiger partial charge in [0.2, 0.25) is 6.79 Å². The number of rotatable bonds is 2. The highest BCUT2D eigenvalue weighted by Gasteiger charge is 2.30. The van der Waals surface area contributed by atoms with Crippen molar-refractivity contribution >= 4 is 28.9 Å². The molecule has 2 aromatic carbocycles. The number of ether oxygens (including phenoxy) is 2. The van der Waals surface area contributed by atoms with Crippen LogP contribution in [0.25, 0.3) is 0 Å². The molecular weight excluding hydrogens is 371 g/mol. The number of fused-ring (bicyclic) bond motifs is 1. The fraction of sp³-hybridized carbons (Fsp3) is 0.125. The standard InChI is InChI=1S/C16H12F3N3O3S/c17-16(18,19)10-2-1-3-11(7-10)20-15(26)22-21-14(23)9-4-5-12-13(6-9)25-8-24-12/h1-7H,8H2,(H,21,23)(H2,20,22,26). The van der Waals surface area contributed by atoms with E-state index in [2.05, 4.69) is 16.2 Å². The molecule has 1 amide bonds. The maximum Gasteiger partial charge on any atom is 0.416 e. The van der Waals surface area contributed by atoms with Crippen molar-refractivity contribution in [1.29, 1.82) is 0 Å². The minimum Gasteiger partial charge on any atom is -0.454 e. The smallest absolute Gasteiger partial charge is 0.416 e. The molecule has 6 nitrogen and oxygen atoms in total. The number of hydrogen-bond donors (Lipinski definition) is 3. The molecular formula is C16H12F3N3O3S. The third-order valence-electron chi connectivity index (χ3n) is 3.37. The summed E-state index contributed by atoms with van der Waals surface area (Å²) >= 11 is 4.96. The molecule has 0 atom stereocenters. The van der Waals surface area contributed by atoms with E-state index in [1.165, 1.54) is 24.3 Å². The second kappa shape index (κ2) is 7.08. The third kappa shape index (κ3) is 4.14. The number of thiocarbonyl (C=S) groups is 1. The van der Waals surface area contributed by atoms with E-state index in [1.807, 2.05) is 0 Å². The van der Waals surface area contributed by atoms with Crippen LogP contribution in [0.3, 0.4) is 0 Å². The van der Waals surface area contributed by atoms with Crippen molar-refractivity contribution in [3.63, 3.8) is 0 Å². The minimum atomic E-state index is -4.46. The average molecular weight is 383 g/mol. The number of hydrazine groups is 1. The van der Waals surface area contributed by atoms with Crippen LogP contribution in [-0.4, -0.2) is 17.8 Å². The molecule has 0 bridgehead atoms. The first kappa shape index (κ1) is 17.8. The topological polar surface area (TPSA) is 71.6 Å². The van der Waals surface area contributed by atoms with E-state index in [1.54, 1.807) is 6.07 Å². The maximum atomic E-state index is 12.7. The third-order valence-corrected chi connectivity index (χ3v) is 3.58. The molecule has 0 unspecified atom stereocenters. The quantitative estimate of drug-likeness (QED) is 0.547. The van der Waals surface area contributed by atoms with E-state index >= 15 is 0 Å². The van der Waals surface area contributed by atoms with Gasteiger partial charge in [-0.15, -0.1) is 0 Å². The van der Waals surface area contributed by atoms with Crippen molar-refractivity contribution in [2.75, 3.05) is 12.1 Å². The lowest BCUT2D eigenvalue weighted by molar-refractivity contribution is -0.137. The predicted octanol–water partition coefficient (Wildman–Crippen LogP) is 3.07. The summed E-state index contributed by atoms with van der Waals surface area (Å²) in [6.45, 7) is 0.0870. The van der Waals surface area contributed by atoms with Gasteiger partial charge in [0.05, 0.1) is 5.56 Å². The molecule has 0 spiro atoms. The summed E-state index contributed by atoms with van der Waals surface area (Å²) in [6, 6.07) is 9.16. The van der Waals surface area contributed by atoms with Gasteiger partial charge >= 0.3 is 6.18 Å². The molecule has 10 heteroatoms. The number of benzene rings is 2. The monoisotopic (exact) mass is 383 g/mol. The van der Waals surface area contributed by atoms with E-state index in [0.717, 1.165) is 12.1 Å². The SMILES string of the molecule is O=C(NNC(=S)Nc1cccc(C(F)(F)F)c1)c1ccc2c(c1)OCO2. The largest absolute Gasteiger partial charge is 0.454 e. The second-order valence-corrected chi connectivity index (χ2v) is 5.59. The van der Waals surface area contributed by atoms with Gasteiger partial charge in [0, 0.05) is 11.3 Å². The van der Waals surface area contributed by atoms with Gasteiger partial charge in [-0.3, -0.25) is 15.6 Å². The summed E-state index contributed by atoms with van der Waals surface area (Å²) in [5.74, 6) is 0.482. The first-order valence-electron chi connectivity index (χ1n) is 7.27. The average Bonchev–Trinajstić information content (AvgIpc) is 3.07. The molecule has 2 aromatic rings. The lowest BCUT2D eigenvalue weighted by Crippen LogP contribution is -2.43. The molecule has 0 aliphatic carbocycles. The number of anilines is 1. The van der Waals surface area contributed by atoms with E-state index in [4.69, 9.17) is 21.7 Å². The fourth-order valence-electron chi connectivity index (χ4n) is 2.16. The van der Waals surface area contributed by atoms with Gasteiger partial charge in [0.15, 0.2) is 16.6 Å². The highest BCUT2D eigenvalue weighted by atomic mass is 32.1. The molecule has 1 heterocycles. The normalized spacial score (nSPS) is 12.4. The molecule has 136 valence electrons. The number of halogens is 3. The van der Waals surface area contributed by atoms with E-state index in [9.17, 15) is 18.0 Å². The Hall–Kier alpha value is -3.01. The molecule has 0 saturated heterocycles. The molecule has 0 aromatic heterocycles. The van der Waals surface area contributed by atoms with Gasteiger partial charge in [-0.05, 0) is 48.6 Å². The van der Waals surface area contributed by atoms with Crippen molar-refractivity contribution < 1.29 is 27.4 Å².